The highest BCUT2D eigenvalue weighted by molar-refractivity contribution is 5.97. The molecule has 0 bridgehead atoms. The average Bonchev–Trinajstić information content (AvgIpc) is 2.60. The molecule has 0 saturated carbocycles. The summed E-state index contributed by atoms with van der Waals surface area (Å²) in [6.45, 7) is 4.04. The van der Waals surface area contributed by atoms with Crippen molar-refractivity contribution in [2.45, 2.75) is 32.9 Å². The van der Waals surface area contributed by atoms with Crippen molar-refractivity contribution in [3.63, 3.8) is 0 Å². The van der Waals surface area contributed by atoms with Crippen molar-refractivity contribution in [2.75, 3.05) is 0 Å². The standard InChI is InChI=1S/C19H21FN2O2/c1-3-13(2)22-19(24)15-10-8-14(9-11-15)18(23)21-12-16-6-4-5-7-17(16)20/h4-11,13H,3,12H2,1-2H3,(H,21,23)(H,22,24). The SMILES string of the molecule is CCC(C)NC(=O)c1ccc(C(=O)NCc2ccccc2F)cc1. The predicted molar refractivity (Wildman–Crippen MR) is 91.2 cm³/mol. The molecule has 5 heteroatoms. The minimum atomic E-state index is -0.352. The minimum Gasteiger partial charge on any atom is -0.350 e. The molecule has 0 saturated heterocycles. The molecule has 1 unspecified atom stereocenters. The summed E-state index contributed by atoms with van der Waals surface area (Å²) in [6.07, 6.45) is 0.849. The predicted octanol–water partition coefficient (Wildman–Crippen LogP) is 3.28. The van der Waals surface area contributed by atoms with Crippen LogP contribution in [0.3, 0.4) is 0 Å². The molecule has 24 heavy (non-hydrogen) atoms. The second-order valence-corrected chi connectivity index (χ2v) is 5.63. The number of nitrogens with one attached hydrogen (secondary N) is 2. The molecule has 2 rings (SSSR count). The smallest absolute Gasteiger partial charge is 0.251 e. The molecule has 2 amide bonds. The first-order valence-corrected chi connectivity index (χ1v) is 7.93. The molecule has 2 N–H and O–H groups in total. The van der Waals surface area contributed by atoms with E-state index in [2.05, 4.69) is 10.6 Å². The van der Waals surface area contributed by atoms with Gasteiger partial charge < -0.3 is 10.6 Å². The maximum Gasteiger partial charge on any atom is 0.251 e. The Labute approximate surface area is 141 Å². The molecule has 0 aliphatic carbocycles. The van der Waals surface area contributed by atoms with Crippen LogP contribution in [0.1, 0.15) is 46.5 Å². The van der Waals surface area contributed by atoms with Gasteiger partial charge in [-0.05, 0) is 43.7 Å². The van der Waals surface area contributed by atoms with Crippen LogP contribution < -0.4 is 10.6 Å². The Morgan fingerprint density at radius 2 is 1.58 bits per heavy atom. The zero-order valence-corrected chi connectivity index (χ0v) is 13.8. The van der Waals surface area contributed by atoms with Crippen LogP contribution in [-0.4, -0.2) is 17.9 Å². The molecule has 0 aromatic heterocycles. The fourth-order valence-corrected chi connectivity index (χ4v) is 2.10. The van der Waals surface area contributed by atoms with E-state index in [-0.39, 0.29) is 30.2 Å². The van der Waals surface area contributed by atoms with Gasteiger partial charge in [0.2, 0.25) is 0 Å². The summed E-state index contributed by atoms with van der Waals surface area (Å²) >= 11 is 0. The highest BCUT2D eigenvalue weighted by atomic mass is 19.1. The van der Waals surface area contributed by atoms with Crippen LogP contribution in [0.2, 0.25) is 0 Å². The molecule has 2 aromatic rings. The molecule has 0 aliphatic rings. The number of rotatable bonds is 6. The van der Waals surface area contributed by atoms with E-state index in [1.54, 1.807) is 42.5 Å². The highest BCUT2D eigenvalue weighted by Gasteiger charge is 2.11. The summed E-state index contributed by atoms with van der Waals surface area (Å²) in [5.74, 6) is -0.829. The zero-order valence-electron chi connectivity index (χ0n) is 13.8. The van der Waals surface area contributed by atoms with Crippen molar-refractivity contribution >= 4 is 11.8 Å². The monoisotopic (exact) mass is 328 g/mol. The van der Waals surface area contributed by atoms with Gasteiger partial charge >= 0.3 is 0 Å². The van der Waals surface area contributed by atoms with E-state index >= 15 is 0 Å². The number of carbonyl (C=O) groups is 2. The molecule has 126 valence electrons. The topological polar surface area (TPSA) is 58.2 Å². The zero-order chi connectivity index (χ0) is 17.5. The maximum atomic E-state index is 13.5. The fraction of sp³-hybridized carbons (Fsp3) is 0.263. The Hall–Kier alpha value is -2.69. The molecule has 0 spiro atoms. The summed E-state index contributed by atoms with van der Waals surface area (Å²) in [7, 11) is 0. The summed E-state index contributed by atoms with van der Waals surface area (Å²) in [5, 5.41) is 5.53. The van der Waals surface area contributed by atoms with Crippen LogP contribution in [0.5, 0.6) is 0 Å². The molecular formula is C19H21FN2O2. The third-order valence-corrected chi connectivity index (χ3v) is 3.80. The van der Waals surface area contributed by atoms with Crippen LogP contribution in [0.15, 0.2) is 48.5 Å². The summed E-state index contributed by atoms with van der Waals surface area (Å²) in [4.78, 5) is 24.1. The number of hydrogen-bond acceptors (Lipinski definition) is 2. The maximum absolute atomic E-state index is 13.5. The first-order chi connectivity index (χ1) is 11.5. The Balaban J connectivity index is 1.96. The fourth-order valence-electron chi connectivity index (χ4n) is 2.10. The van der Waals surface area contributed by atoms with Gasteiger partial charge in [-0.15, -0.1) is 0 Å². The van der Waals surface area contributed by atoms with Crippen molar-refractivity contribution in [3.8, 4) is 0 Å². The number of amides is 2. The highest BCUT2D eigenvalue weighted by Crippen LogP contribution is 2.08. The van der Waals surface area contributed by atoms with Gasteiger partial charge in [-0.2, -0.15) is 0 Å². The van der Waals surface area contributed by atoms with E-state index in [4.69, 9.17) is 0 Å². The number of hydrogen-bond donors (Lipinski definition) is 2. The first kappa shape index (κ1) is 17.7. The van der Waals surface area contributed by atoms with E-state index in [0.717, 1.165) is 6.42 Å². The van der Waals surface area contributed by atoms with Gasteiger partial charge in [0.1, 0.15) is 5.82 Å². The Kier molecular flexibility index (Phi) is 6.07. The van der Waals surface area contributed by atoms with Crippen LogP contribution in [0.4, 0.5) is 4.39 Å². The third kappa shape index (κ3) is 4.65. The lowest BCUT2D eigenvalue weighted by molar-refractivity contribution is 0.0931. The second-order valence-electron chi connectivity index (χ2n) is 5.63. The molecule has 0 aliphatic heterocycles. The van der Waals surface area contributed by atoms with Crippen molar-refractivity contribution in [2.24, 2.45) is 0 Å². The van der Waals surface area contributed by atoms with Crippen LogP contribution in [0.25, 0.3) is 0 Å². The quantitative estimate of drug-likeness (QED) is 0.855. The Morgan fingerprint density at radius 1 is 1.00 bits per heavy atom. The Morgan fingerprint density at radius 3 is 2.17 bits per heavy atom. The first-order valence-electron chi connectivity index (χ1n) is 7.93. The summed E-state index contributed by atoms with van der Waals surface area (Å²) < 4.78 is 13.5. The number of carbonyl (C=O) groups excluding carboxylic acids is 2. The van der Waals surface area contributed by atoms with Crippen molar-refractivity contribution < 1.29 is 14.0 Å². The van der Waals surface area contributed by atoms with Gasteiger partial charge in [0, 0.05) is 29.3 Å². The van der Waals surface area contributed by atoms with Crippen LogP contribution in [0, 0.1) is 5.82 Å². The number of benzene rings is 2. The lowest BCUT2D eigenvalue weighted by atomic mass is 10.1. The van der Waals surface area contributed by atoms with Crippen LogP contribution in [-0.2, 0) is 6.54 Å². The number of halogens is 1. The van der Waals surface area contributed by atoms with Crippen molar-refractivity contribution in [3.05, 3.63) is 71.0 Å². The molecular weight excluding hydrogens is 307 g/mol. The van der Waals surface area contributed by atoms with Crippen LogP contribution >= 0.6 is 0 Å². The van der Waals surface area contributed by atoms with Gasteiger partial charge in [-0.3, -0.25) is 9.59 Å². The average molecular weight is 328 g/mol. The van der Waals surface area contributed by atoms with Gasteiger partial charge in [0.05, 0.1) is 0 Å². The lowest BCUT2D eigenvalue weighted by Gasteiger charge is -2.11. The Bertz CT molecular complexity index is 714. The normalized spacial score (nSPS) is 11.6. The molecule has 1 atom stereocenters. The van der Waals surface area contributed by atoms with Gasteiger partial charge in [-0.1, -0.05) is 25.1 Å². The molecule has 0 heterocycles. The minimum absolute atomic E-state index is 0.0984. The third-order valence-electron chi connectivity index (χ3n) is 3.80. The van der Waals surface area contributed by atoms with E-state index in [0.29, 0.717) is 16.7 Å². The molecule has 0 radical (unpaired) electrons. The van der Waals surface area contributed by atoms with Crippen molar-refractivity contribution in [1.29, 1.82) is 0 Å². The summed E-state index contributed by atoms with van der Waals surface area (Å²) in [6, 6.07) is 12.8. The van der Waals surface area contributed by atoms with Gasteiger partial charge in [0.25, 0.3) is 11.8 Å². The van der Waals surface area contributed by atoms with Crippen molar-refractivity contribution in [1.82, 2.24) is 10.6 Å². The largest absolute Gasteiger partial charge is 0.350 e. The van der Waals surface area contributed by atoms with E-state index < -0.39 is 0 Å². The van der Waals surface area contributed by atoms with E-state index in [1.807, 2.05) is 13.8 Å². The molecule has 4 nitrogen and oxygen atoms in total. The van der Waals surface area contributed by atoms with Gasteiger partial charge in [-0.25, -0.2) is 4.39 Å². The van der Waals surface area contributed by atoms with Gasteiger partial charge in [0.15, 0.2) is 0 Å². The summed E-state index contributed by atoms with van der Waals surface area (Å²) in [5.41, 5.74) is 1.35. The molecule has 2 aromatic carbocycles. The molecule has 0 fully saturated rings. The lowest BCUT2D eigenvalue weighted by Crippen LogP contribution is -2.32. The second kappa shape index (κ2) is 8.24. The van der Waals surface area contributed by atoms with E-state index in [1.165, 1.54) is 6.07 Å². The van der Waals surface area contributed by atoms with E-state index in [9.17, 15) is 14.0 Å².